The molecule has 0 saturated heterocycles. The summed E-state index contributed by atoms with van der Waals surface area (Å²) in [5, 5.41) is 0. The van der Waals surface area contributed by atoms with Crippen molar-refractivity contribution in [3.8, 4) is 0 Å². The Labute approximate surface area is 132 Å². The van der Waals surface area contributed by atoms with Crippen molar-refractivity contribution < 1.29 is 0 Å². The Bertz CT molecular complexity index is 813. The summed E-state index contributed by atoms with van der Waals surface area (Å²) >= 11 is 0. The Morgan fingerprint density at radius 3 is 2.36 bits per heavy atom. The molecule has 0 heteroatoms. The minimum absolute atomic E-state index is 0.849. The number of hydrogen-bond donors (Lipinski definition) is 0. The molecule has 0 aromatic carbocycles. The summed E-state index contributed by atoms with van der Waals surface area (Å²) < 4.78 is 0. The van der Waals surface area contributed by atoms with E-state index in [9.17, 15) is 0 Å². The molecule has 10 fully saturated rings. The predicted octanol–water partition coefficient (Wildman–Crippen LogP) is 4.21. The minimum atomic E-state index is 0.849. The second-order valence-electron chi connectivity index (χ2n) is 12.6. The van der Waals surface area contributed by atoms with Crippen LogP contribution in [0.15, 0.2) is 0 Å². The van der Waals surface area contributed by atoms with Crippen molar-refractivity contribution in [3.63, 3.8) is 0 Å². The van der Waals surface area contributed by atoms with Crippen molar-refractivity contribution in [1.29, 1.82) is 0 Å². The summed E-state index contributed by atoms with van der Waals surface area (Å²) in [5.41, 5.74) is 5.44. The van der Waals surface area contributed by atoms with Crippen LogP contribution in [0, 0.1) is 85.8 Å². The van der Waals surface area contributed by atoms with Crippen molar-refractivity contribution >= 4 is 0 Å². The van der Waals surface area contributed by atoms with Gasteiger partial charge in [0.15, 0.2) is 0 Å². The highest BCUT2D eigenvalue weighted by molar-refractivity contribution is 5.68. The first-order valence-corrected chi connectivity index (χ1v) is 10.5. The molecular weight excluding hydrogens is 264 g/mol. The third-order valence-corrected chi connectivity index (χ3v) is 14.9. The molecule has 0 aromatic rings. The standard InChI is InChI=1S/C22H26/c1-17-8-6-10(17)13-15-14-9-4-5-12-18(9,2)22(14)19(12,3)16-11(7-8)20(13,17)21(15,16)22/h8-16H,4-7H2,1-3H3. The van der Waals surface area contributed by atoms with Crippen LogP contribution in [0.5, 0.6) is 0 Å². The first-order chi connectivity index (χ1) is 10.5. The molecule has 0 aliphatic heterocycles. The Morgan fingerprint density at radius 2 is 1.50 bits per heavy atom. The molecular formula is C22H26. The Morgan fingerprint density at radius 1 is 0.682 bits per heavy atom. The van der Waals surface area contributed by atoms with Gasteiger partial charge in [-0.1, -0.05) is 20.8 Å². The van der Waals surface area contributed by atoms with E-state index in [1.807, 2.05) is 0 Å². The number of hydrogen-bond acceptors (Lipinski definition) is 0. The summed E-state index contributed by atoms with van der Waals surface area (Å²) in [6.45, 7) is 8.43. The molecule has 3 spiro atoms. The van der Waals surface area contributed by atoms with Gasteiger partial charge in [-0.15, -0.1) is 0 Å². The predicted molar refractivity (Wildman–Crippen MR) is 81.5 cm³/mol. The number of fused-ring (bicyclic) bond motifs is 7. The third kappa shape index (κ3) is 0.348. The largest absolute Gasteiger partial charge is 0.0585 e. The third-order valence-electron chi connectivity index (χ3n) is 14.9. The van der Waals surface area contributed by atoms with Gasteiger partial charge in [-0.3, -0.25) is 0 Å². The van der Waals surface area contributed by atoms with Gasteiger partial charge in [0.2, 0.25) is 0 Å². The topological polar surface area (TPSA) is 0 Å². The molecule has 0 radical (unpaired) electrons. The van der Waals surface area contributed by atoms with Crippen LogP contribution in [0.2, 0.25) is 0 Å². The van der Waals surface area contributed by atoms with E-state index in [4.69, 9.17) is 0 Å². The maximum Gasteiger partial charge on any atom is -0.00763 e. The van der Waals surface area contributed by atoms with Gasteiger partial charge in [-0.05, 0) is 111 Å². The Kier molecular flexibility index (Phi) is 0.859. The van der Waals surface area contributed by atoms with Crippen LogP contribution in [0.3, 0.4) is 0 Å². The second kappa shape index (κ2) is 1.87. The summed E-state index contributed by atoms with van der Waals surface area (Å²) in [5.74, 6) is 11.0. The van der Waals surface area contributed by atoms with E-state index in [0.29, 0.717) is 0 Å². The lowest BCUT2D eigenvalue weighted by molar-refractivity contribution is -0.752. The molecule has 15 unspecified atom stereocenters. The SMILES string of the molecule is CC12C3CC1C1C4C5C6CCC7C6(C)C56C7(C)C5C(C3)C12C456. The highest BCUT2D eigenvalue weighted by Gasteiger charge is 3.22. The Balaban J connectivity index is 1.35. The van der Waals surface area contributed by atoms with Gasteiger partial charge in [0.25, 0.3) is 0 Å². The fourth-order valence-corrected chi connectivity index (χ4v) is 16.4. The van der Waals surface area contributed by atoms with Gasteiger partial charge in [0, 0.05) is 0 Å². The lowest BCUT2D eigenvalue weighted by Crippen LogP contribution is -3.18. The highest BCUT2D eigenvalue weighted by Crippen LogP contribution is 3.25. The molecule has 10 aliphatic rings. The summed E-state index contributed by atoms with van der Waals surface area (Å²) in [6.07, 6.45) is 6.62. The first kappa shape index (κ1) is 10.1. The van der Waals surface area contributed by atoms with Crippen molar-refractivity contribution in [1.82, 2.24) is 0 Å². The molecule has 0 heterocycles. The average molecular weight is 290 g/mol. The average Bonchev–Trinajstić information content (AvgIpc) is 2.71. The fourth-order valence-electron chi connectivity index (χ4n) is 16.4. The molecule has 0 nitrogen and oxygen atoms in total. The van der Waals surface area contributed by atoms with Gasteiger partial charge in [0.1, 0.15) is 0 Å². The molecule has 0 N–H and O–H groups in total. The Hall–Kier alpha value is 0. The fraction of sp³-hybridized carbons (Fsp3) is 1.00. The molecule has 0 amide bonds. The molecule has 10 saturated carbocycles. The molecule has 15 atom stereocenters. The molecule has 10 aliphatic carbocycles. The van der Waals surface area contributed by atoms with Crippen molar-refractivity contribution in [2.75, 3.05) is 0 Å². The second-order valence-corrected chi connectivity index (χ2v) is 12.6. The summed E-state index contributed by atoms with van der Waals surface area (Å²) in [6, 6.07) is 0. The smallest absolute Gasteiger partial charge is 0.00763 e. The van der Waals surface area contributed by atoms with E-state index >= 15 is 0 Å². The molecule has 0 aromatic heterocycles. The van der Waals surface area contributed by atoms with Crippen molar-refractivity contribution in [3.05, 3.63) is 0 Å². The van der Waals surface area contributed by atoms with Crippen LogP contribution < -0.4 is 0 Å². The maximum atomic E-state index is 2.83. The van der Waals surface area contributed by atoms with E-state index in [1.165, 1.54) is 47.3 Å². The molecule has 10 rings (SSSR count). The van der Waals surface area contributed by atoms with E-state index in [1.54, 1.807) is 25.7 Å². The quantitative estimate of drug-likeness (QED) is 0.627. The lowest BCUT2D eigenvalue weighted by Gasteiger charge is -3.21. The van der Waals surface area contributed by atoms with E-state index in [0.717, 1.165) is 38.4 Å². The van der Waals surface area contributed by atoms with Gasteiger partial charge >= 0.3 is 0 Å². The van der Waals surface area contributed by atoms with E-state index in [-0.39, 0.29) is 0 Å². The van der Waals surface area contributed by atoms with Crippen LogP contribution in [0.25, 0.3) is 0 Å². The maximum absolute atomic E-state index is 2.83. The molecule has 0 bridgehead atoms. The van der Waals surface area contributed by atoms with Crippen LogP contribution in [0.4, 0.5) is 0 Å². The lowest BCUT2D eigenvalue weighted by atomic mass is 8.82. The van der Waals surface area contributed by atoms with Gasteiger partial charge in [-0.2, -0.15) is 0 Å². The normalized spacial score (nSPS) is 101. The van der Waals surface area contributed by atoms with Crippen LogP contribution in [-0.2, 0) is 0 Å². The molecule has 114 valence electrons. The zero-order chi connectivity index (χ0) is 14.0. The van der Waals surface area contributed by atoms with Gasteiger partial charge < -0.3 is 0 Å². The van der Waals surface area contributed by atoms with Crippen LogP contribution in [0.1, 0.15) is 46.5 Å². The molecule has 22 heavy (non-hydrogen) atoms. The summed E-state index contributed by atoms with van der Waals surface area (Å²) in [7, 11) is 0. The van der Waals surface area contributed by atoms with Crippen molar-refractivity contribution in [2.45, 2.75) is 46.5 Å². The van der Waals surface area contributed by atoms with Gasteiger partial charge in [0.05, 0.1) is 0 Å². The van der Waals surface area contributed by atoms with Crippen LogP contribution >= 0.6 is 0 Å². The zero-order valence-electron chi connectivity index (χ0n) is 14.0. The first-order valence-electron chi connectivity index (χ1n) is 10.5. The highest BCUT2D eigenvalue weighted by atomic mass is 15.3. The van der Waals surface area contributed by atoms with E-state index in [2.05, 4.69) is 20.8 Å². The van der Waals surface area contributed by atoms with E-state index < -0.39 is 0 Å². The van der Waals surface area contributed by atoms with Gasteiger partial charge in [-0.25, -0.2) is 0 Å². The minimum Gasteiger partial charge on any atom is -0.0585 e. The number of rotatable bonds is 0. The monoisotopic (exact) mass is 290 g/mol. The van der Waals surface area contributed by atoms with Crippen molar-refractivity contribution in [2.24, 2.45) is 85.8 Å². The summed E-state index contributed by atoms with van der Waals surface area (Å²) in [4.78, 5) is 0. The van der Waals surface area contributed by atoms with Crippen LogP contribution in [-0.4, -0.2) is 0 Å². The zero-order valence-corrected chi connectivity index (χ0v) is 14.0.